The van der Waals surface area contributed by atoms with E-state index in [-0.39, 0.29) is 11.8 Å². The van der Waals surface area contributed by atoms with Gasteiger partial charge in [-0.3, -0.25) is 0 Å². The van der Waals surface area contributed by atoms with Crippen molar-refractivity contribution in [3.05, 3.63) is 30.3 Å². The molecule has 0 saturated heterocycles. The molecule has 0 unspecified atom stereocenters. The zero-order valence-corrected chi connectivity index (χ0v) is 11.2. The standard InChI is InChI=1S/C15H16N2O2/c1-9(2)17-15(19-3)12-8-13(18)10-6-4-5-7-11(10)14(12)16-17/h4-9,18H,1-3H3. The lowest BCUT2D eigenvalue weighted by molar-refractivity contribution is 0.349. The summed E-state index contributed by atoms with van der Waals surface area (Å²) in [5.74, 6) is 0.941. The highest BCUT2D eigenvalue weighted by atomic mass is 16.5. The van der Waals surface area contributed by atoms with Crippen molar-refractivity contribution in [1.82, 2.24) is 9.78 Å². The first-order valence-electron chi connectivity index (χ1n) is 6.30. The number of nitrogens with zero attached hydrogens (tertiary/aromatic N) is 2. The van der Waals surface area contributed by atoms with Crippen LogP contribution in [-0.2, 0) is 0 Å². The van der Waals surface area contributed by atoms with E-state index in [2.05, 4.69) is 18.9 Å². The number of hydrogen-bond acceptors (Lipinski definition) is 3. The van der Waals surface area contributed by atoms with Crippen LogP contribution in [0.2, 0.25) is 0 Å². The van der Waals surface area contributed by atoms with Gasteiger partial charge in [0.2, 0.25) is 5.88 Å². The summed E-state index contributed by atoms with van der Waals surface area (Å²) in [5, 5.41) is 17.4. The number of phenols is 1. The summed E-state index contributed by atoms with van der Waals surface area (Å²) in [7, 11) is 1.63. The van der Waals surface area contributed by atoms with E-state index in [1.807, 2.05) is 28.9 Å². The summed E-state index contributed by atoms with van der Waals surface area (Å²) in [6.45, 7) is 4.10. The van der Waals surface area contributed by atoms with Crippen molar-refractivity contribution in [2.45, 2.75) is 19.9 Å². The molecule has 2 aromatic carbocycles. The number of hydrogen-bond donors (Lipinski definition) is 1. The predicted molar refractivity (Wildman–Crippen MR) is 75.8 cm³/mol. The van der Waals surface area contributed by atoms with Crippen LogP contribution in [0.25, 0.3) is 21.7 Å². The Morgan fingerprint density at radius 1 is 1.16 bits per heavy atom. The third kappa shape index (κ3) is 1.63. The Hall–Kier alpha value is -2.23. The van der Waals surface area contributed by atoms with Gasteiger partial charge in [-0.05, 0) is 19.9 Å². The van der Waals surface area contributed by atoms with E-state index >= 15 is 0 Å². The van der Waals surface area contributed by atoms with Gasteiger partial charge in [0.1, 0.15) is 11.3 Å². The van der Waals surface area contributed by atoms with Gasteiger partial charge < -0.3 is 9.84 Å². The van der Waals surface area contributed by atoms with Crippen molar-refractivity contribution < 1.29 is 9.84 Å². The van der Waals surface area contributed by atoms with Gasteiger partial charge in [0, 0.05) is 10.8 Å². The molecule has 1 heterocycles. The van der Waals surface area contributed by atoms with Crippen molar-refractivity contribution in [2.24, 2.45) is 0 Å². The Kier molecular flexibility index (Phi) is 2.59. The first-order chi connectivity index (χ1) is 9.13. The maximum Gasteiger partial charge on any atom is 0.220 e. The number of methoxy groups -OCH3 is 1. The number of ether oxygens (including phenoxy) is 1. The van der Waals surface area contributed by atoms with Gasteiger partial charge in [0.15, 0.2) is 0 Å². The SMILES string of the molecule is COc1c2cc(O)c3ccccc3c2nn1C(C)C. The second kappa shape index (κ2) is 4.16. The molecule has 0 aliphatic rings. The van der Waals surface area contributed by atoms with Crippen LogP contribution in [-0.4, -0.2) is 22.0 Å². The molecular weight excluding hydrogens is 240 g/mol. The highest BCUT2D eigenvalue weighted by Crippen LogP contribution is 2.37. The van der Waals surface area contributed by atoms with Crippen LogP contribution in [0.15, 0.2) is 30.3 Å². The first kappa shape index (κ1) is 11.8. The summed E-state index contributed by atoms with van der Waals surface area (Å²) >= 11 is 0. The van der Waals surface area contributed by atoms with E-state index < -0.39 is 0 Å². The van der Waals surface area contributed by atoms with Crippen LogP contribution in [0.4, 0.5) is 0 Å². The van der Waals surface area contributed by atoms with Crippen molar-refractivity contribution in [3.63, 3.8) is 0 Å². The maximum absolute atomic E-state index is 10.1. The Balaban J connectivity index is 2.50. The molecule has 4 heteroatoms. The predicted octanol–water partition coefficient (Wildman–Crippen LogP) is 3.48. The minimum absolute atomic E-state index is 0.197. The van der Waals surface area contributed by atoms with Crippen LogP contribution in [0, 0.1) is 0 Å². The van der Waals surface area contributed by atoms with Crippen LogP contribution < -0.4 is 4.74 Å². The van der Waals surface area contributed by atoms with Gasteiger partial charge in [0.05, 0.1) is 18.5 Å². The summed E-state index contributed by atoms with van der Waals surface area (Å²) in [5.41, 5.74) is 0.860. The smallest absolute Gasteiger partial charge is 0.220 e. The minimum Gasteiger partial charge on any atom is -0.507 e. The molecule has 3 aromatic rings. The average Bonchev–Trinajstić information content (AvgIpc) is 2.78. The fourth-order valence-corrected chi connectivity index (χ4v) is 2.44. The van der Waals surface area contributed by atoms with Gasteiger partial charge >= 0.3 is 0 Å². The van der Waals surface area contributed by atoms with Gasteiger partial charge in [-0.2, -0.15) is 5.10 Å². The van der Waals surface area contributed by atoms with Crippen LogP contribution in [0.5, 0.6) is 11.6 Å². The van der Waals surface area contributed by atoms with E-state index in [9.17, 15) is 5.11 Å². The Morgan fingerprint density at radius 3 is 2.47 bits per heavy atom. The number of aromatic hydroxyl groups is 1. The highest BCUT2D eigenvalue weighted by molar-refractivity contribution is 6.09. The second-order valence-electron chi connectivity index (χ2n) is 4.89. The Labute approximate surface area is 111 Å². The zero-order valence-electron chi connectivity index (χ0n) is 11.2. The maximum atomic E-state index is 10.1. The topological polar surface area (TPSA) is 47.3 Å². The largest absolute Gasteiger partial charge is 0.507 e. The molecule has 3 rings (SSSR count). The molecule has 0 saturated carbocycles. The van der Waals surface area contributed by atoms with E-state index in [4.69, 9.17) is 4.74 Å². The molecule has 1 N–H and O–H groups in total. The van der Waals surface area contributed by atoms with Crippen molar-refractivity contribution in [3.8, 4) is 11.6 Å². The number of benzene rings is 2. The molecule has 19 heavy (non-hydrogen) atoms. The summed E-state index contributed by atoms with van der Waals surface area (Å²) < 4.78 is 7.30. The fraction of sp³-hybridized carbons (Fsp3) is 0.267. The second-order valence-corrected chi connectivity index (χ2v) is 4.89. The average molecular weight is 256 g/mol. The fourth-order valence-electron chi connectivity index (χ4n) is 2.44. The lowest BCUT2D eigenvalue weighted by atomic mass is 10.1. The number of fused-ring (bicyclic) bond motifs is 3. The molecule has 0 atom stereocenters. The Morgan fingerprint density at radius 2 is 1.84 bits per heavy atom. The summed E-state index contributed by atoms with van der Waals surface area (Å²) in [6, 6.07) is 9.64. The number of aromatic nitrogens is 2. The van der Waals surface area contributed by atoms with Gasteiger partial charge in [0.25, 0.3) is 0 Å². The van der Waals surface area contributed by atoms with Gasteiger partial charge in [-0.25, -0.2) is 4.68 Å². The molecule has 0 aliphatic carbocycles. The molecule has 0 spiro atoms. The molecule has 4 nitrogen and oxygen atoms in total. The normalized spacial score (nSPS) is 11.6. The van der Waals surface area contributed by atoms with Crippen molar-refractivity contribution in [2.75, 3.05) is 7.11 Å². The zero-order chi connectivity index (χ0) is 13.6. The van der Waals surface area contributed by atoms with Crippen molar-refractivity contribution >= 4 is 21.7 Å². The molecule has 0 fully saturated rings. The summed E-state index contributed by atoms with van der Waals surface area (Å²) in [4.78, 5) is 0. The molecule has 0 aliphatic heterocycles. The molecule has 0 bridgehead atoms. The molecular formula is C15H16N2O2. The Bertz CT molecular complexity index is 760. The van der Waals surface area contributed by atoms with Crippen LogP contribution in [0.3, 0.4) is 0 Å². The minimum atomic E-state index is 0.197. The van der Waals surface area contributed by atoms with Crippen LogP contribution >= 0.6 is 0 Å². The molecule has 0 radical (unpaired) electrons. The van der Waals surface area contributed by atoms with E-state index in [1.165, 1.54) is 0 Å². The lowest BCUT2D eigenvalue weighted by Crippen LogP contribution is -2.04. The van der Waals surface area contributed by atoms with Gasteiger partial charge in [-0.1, -0.05) is 24.3 Å². The van der Waals surface area contributed by atoms with E-state index in [0.717, 1.165) is 21.7 Å². The van der Waals surface area contributed by atoms with E-state index in [1.54, 1.807) is 13.2 Å². The van der Waals surface area contributed by atoms with Crippen molar-refractivity contribution in [1.29, 1.82) is 0 Å². The highest BCUT2D eigenvalue weighted by Gasteiger charge is 2.17. The number of phenolic OH excluding ortho intramolecular Hbond substituents is 1. The van der Waals surface area contributed by atoms with Crippen LogP contribution in [0.1, 0.15) is 19.9 Å². The molecule has 98 valence electrons. The third-order valence-corrected chi connectivity index (χ3v) is 3.32. The quantitative estimate of drug-likeness (QED) is 0.763. The first-order valence-corrected chi connectivity index (χ1v) is 6.30. The summed E-state index contributed by atoms with van der Waals surface area (Å²) in [6.07, 6.45) is 0. The lowest BCUT2D eigenvalue weighted by Gasteiger charge is -2.08. The molecule has 0 amide bonds. The van der Waals surface area contributed by atoms with Gasteiger partial charge in [-0.15, -0.1) is 0 Å². The number of rotatable bonds is 2. The van der Waals surface area contributed by atoms with E-state index in [0.29, 0.717) is 5.88 Å². The third-order valence-electron chi connectivity index (χ3n) is 3.32. The monoisotopic (exact) mass is 256 g/mol. The molecule has 1 aromatic heterocycles.